The third-order valence-corrected chi connectivity index (χ3v) is 9.38. The van der Waals surface area contributed by atoms with Gasteiger partial charge in [0.2, 0.25) is 5.91 Å². The maximum absolute atomic E-state index is 12.7. The van der Waals surface area contributed by atoms with E-state index in [9.17, 15) is 19.2 Å². The van der Waals surface area contributed by atoms with Crippen molar-refractivity contribution in [2.75, 3.05) is 27.4 Å². The topological polar surface area (TPSA) is 149 Å². The van der Waals surface area contributed by atoms with Crippen LogP contribution in [0.15, 0.2) is 18.2 Å². The number of benzene rings is 2. The van der Waals surface area contributed by atoms with E-state index in [0.717, 1.165) is 10.1 Å². The van der Waals surface area contributed by atoms with E-state index in [0.29, 0.717) is 33.9 Å². The molecule has 2 atom stereocenters. The molecule has 1 amide bonds. The molecule has 0 bridgehead atoms. The summed E-state index contributed by atoms with van der Waals surface area (Å²) < 4.78 is 23.8. The largest absolute Gasteiger partial charge is 0.493 e. The molecule has 0 saturated heterocycles. The molecular formula is C31H33Cl2NO10S. The maximum Gasteiger partial charge on any atom is 0.306 e. The third-order valence-electron chi connectivity index (χ3n) is 7.44. The van der Waals surface area contributed by atoms with E-state index < -0.39 is 23.8 Å². The summed E-state index contributed by atoms with van der Waals surface area (Å²) in [7, 11) is 2.95. The van der Waals surface area contributed by atoms with Gasteiger partial charge in [0.15, 0.2) is 28.8 Å². The Labute approximate surface area is 273 Å². The first kappa shape index (κ1) is 34.1. The van der Waals surface area contributed by atoms with Crippen LogP contribution >= 0.6 is 34.5 Å². The van der Waals surface area contributed by atoms with Crippen LogP contribution in [0.1, 0.15) is 53.9 Å². The average molecular weight is 683 g/mol. The zero-order valence-electron chi connectivity index (χ0n) is 25.1. The van der Waals surface area contributed by atoms with Crippen molar-refractivity contribution in [2.24, 2.45) is 11.8 Å². The molecule has 2 N–H and O–H groups in total. The van der Waals surface area contributed by atoms with Gasteiger partial charge in [-0.05, 0) is 17.5 Å². The molecular weight excluding hydrogens is 649 g/mol. The molecule has 1 aliphatic heterocycles. The lowest BCUT2D eigenvalue weighted by atomic mass is 10.0. The van der Waals surface area contributed by atoms with Crippen molar-refractivity contribution in [2.45, 2.75) is 46.2 Å². The maximum atomic E-state index is 12.7. The Balaban J connectivity index is 1.40. The zero-order chi connectivity index (χ0) is 33.0. The van der Waals surface area contributed by atoms with Gasteiger partial charge in [0.05, 0.1) is 54.2 Å². The summed E-state index contributed by atoms with van der Waals surface area (Å²) in [5.41, 5.74) is 1.25. The van der Waals surface area contributed by atoms with Crippen LogP contribution in [0.25, 0.3) is 10.1 Å². The predicted octanol–water partition coefficient (Wildman–Crippen LogP) is 6.32. The number of thiophene rings is 1. The number of carboxylic acids is 2. The Hall–Kier alpha value is -3.74. The summed E-state index contributed by atoms with van der Waals surface area (Å²) in [6.45, 7) is 3.75. The lowest BCUT2D eigenvalue weighted by Crippen LogP contribution is -2.28. The zero-order valence-corrected chi connectivity index (χ0v) is 27.4. The molecule has 3 aromatic rings. The normalized spacial score (nSPS) is 13.7. The standard InChI is InChI=1S/C31H33Cl2NO10S/c1-15(30(37)38)8-20(35)24-11-17-10-22(21(41-3)12-23(17)45-24)43-6-5-7-44-29-27(33)19-14-34(25(36)9-16(2)31(39)40)13-18(19)26(32)28(29)42-4/h10-12,15-16H,5-9,13-14H2,1-4H3,(H,37,38)(H,39,40). The number of carbonyl (C=O) groups is 4. The fourth-order valence-corrected chi connectivity index (χ4v) is 6.48. The minimum Gasteiger partial charge on any atom is -0.493 e. The molecule has 1 aromatic heterocycles. The van der Waals surface area contributed by atoms with Gasteiger partial charge in [0.25, 0.3) is 0 Å². The molecule has 1 aliphatic rings. The smallest absolute Gasteiger partial charge is 0.306 e. The monoisotopic (exact) mass is 681 g/mol. The highest BCUT2D eigenvalue weighted by Gasteiger charge is 2.33. The highest BCUT2D eigenvalue weighted by atomic mass is 35.5. The molecule has 2 heterocycles. The number of rotatable bonds is 15. The minimum absolute atomic E-state index is 0.0880. The first-order valence-electron chi connectivity index (χ1n) is 14.1. The second kappa shape index (κ2) is 14.6. The van der Waals surface area contributed by atoms with Gasteiger partial charge in [0.1, 0.15) is 0 Å². The molecule has 4 rings (SSSR count). The van der Waals surface area contributed by atoms with Crippen molar-refractivity contribution >= 4 is 68.3 Å². The minimum atomic E-state index is -1.05. The molecule has 2 aromatic carbocycles. The number of carboxylic acid groups (broad SMARTS) is 2. The van der Waals surface area contributed by atoms with Crippen molar-refractivity contribution in [1.82, 2.24) is 4.90 Å². The van der Waals surface area contributed by atoms with E-state index in [1.807, 2.05) is 0 Å². The van der Waals surface area contributed by atoms with Crippen LogP contribution < -0.4 is 18.9 Å². The Morgan fingerprint density at radius 1 is 0.844 bits per heavy atom. The quantitative estimate of drug-likeness (QED) is 0.138. The van der Waals surface area contributed by atoms with E-state index in [-0.39, 0.29) is 72.4 Å². The number of amides is 1. The highest BCUT2D eigenvalue weighted by Crippen LogP contribution is 2.49. The average Bonchev–Trinajstić information content (AvgIpc) is 3.64. The van der Waals surface area contributed by atoms with E-state index in [1.54, 1.807) is 18.2 Å². The molecule has 11 nitrogen and oxygen atoms in total. The summed E-state index contributed by atoms with van der Waals surface area (Å²) in [4.78, 5) is 49.6. The van der Waals surface area contributed by atoms with E-state index in [4.69, 9.17) is 52.4 Å². The second-order valence-corrected chi connectivity index (χ2v) is 12.5. The van der Waals surface area contributed by atoms with Crippen LogP contribution in [-0.2, 0) is 27.5 Å². The van der Waals surface area contributed by atoms with Gasteiger partial charge in [0, 0.05) is 54.2 Å². The van der Waals surface area contributed by atoms with Crippen LogP contribution in [-0.4, -0.2) is 66.2 Å². The van der Waals surface area contributed by atoms with E-state index in [2.05, 4.69) is 0 Å². The van der Waals surface area contributed by atoms with E-state index in [1.165, 1.54) is 44.3 Å². The molecule has 14 heteroatoms. The molecule has 0 fully saturated rings. The first-order valence-corrected chi connectivity index (χ1v) is 15.6. The number of hydrogen-bond acceptors (Lipinski definition) is 9. The summed E-state index contributed by atoms with van der Waals surface area (Å²) >= 11 is 14.6. The van der Waals surface area contributed by atoms with Crippen molar-refractivity contribution in [1.29, 1.82) is 0 Å². The molecule has 2 unspecified atom stereocenters. The fraction of sp³-hybridized carbons (Fsp3) is 0.419. The molecule has 0 radical (unpaired) electrons. The Bertz CT molecular complexity index is 1640. The highest BCUT2D eigenvalue weighted by molar-refractivity contribution is 7.20. The van der Waals surface area contributed by atoms with Crippen molar-refractivity contribution in [3.8, 4) is 23.0 Å². The Morgan fingerprint density at radius 3 is 2.04 bits per heavy atom. The van der Waals surface area contributed by atoms with Gasteiger partial charge >= 0.3 is 11.9 Å². The fourth-order valence-electron chi connectivity index (χ4n) is 4.81. The SMILES string of the molecule is COc1cc2sc(C(=O)CC(C)C(=O)O)cc2cc1OCCCOc1c(Cl)c2c(c(Cl)c1OC)CN(C(=O)CC(C)C(=O)O)C2. The summed E-state index contributed by atoms with van der Waals surface area (Å²) in [6, 6.07) is 5.27. The number of ether oxygens (including phenoxy) is 4. The van der Waals surface area contributed by atoms with Gasteiger partial charge in [-0.15, -0.1) is 11.3 Å². The van der Waals surface area contributed by atoms with Crippen LogP contribution in [0.4, 0.5) is 0 Å². The number of aliphatic carboxylic acids is 2. The Morgan fingerprint density at radius 2 is 1.44 bits per heavy atom. The summed E-state index contributed by atoms with van der Waals surface area (Å²) in [5, 5.41) is 19.6. The molecule has 45 heavy (non-hydrogen) atoms. The molecule has 0 aliphatic carbocycles. The Kier molecular flexibility index (Phi) is 11.1. The van der Waals surface area contributed by atoms with Gasteiger partial charge in [-0.25, -0.2) is 0 Å². The molecule has 0 saturated carbocycles. The number of Topliss-reactive ketones (excluding diaryl/α,β-unsaturated/α-hetero) is 1. The second-order valence-electron chi connectivity index (χ2n) is 10.7. The number of carbonyl (C=O) groups excluding carboxylic acids is 2. The van der Waals surface area contributed by atoms with Crippen molar-refractivity contribution < 1.29 is 48.3 Å². The number of nitrogens with zero attached hydrogens (tertiary/aromatic N) is 1. The van der Waals surface area contributed by atoms with Gasteiger partial charge in [-0.3, -0.25) is 19.2 Å². The first-order chi connectivity index (χ1) is 21.4. The number of fused-ring (bicyclic) bond motifs is 2. The summed E-state index contributed by atoms with van der Waals surface area (Å²) in [6.07, 6.45) is 0.206. The van der Waals surface area contributed by atoms with E-state index >= 15 is 0 Å². The lowest BCUT2D eigenvalue weighted by Gasteiger charge is -2.17. The predicted molar refractivity (Wildman–Crippen MR) is 168 cm³/mol. The van der Waals surface area contributed by atoms with Gasteiger partial charge < -0.3 is 34.1 Å². The molecule has 242 valence electrons. The number of hydrogen-bond donors (Lipinski definition) is 2. The van der Waals surface area contributed by atoms with Crippen molar-refractivity contribution in [3.05, 3.63) is 44.2 Å². The van der Waals surface area contributed by atoms with Gasteiger partial charge in [-0.2, -0.15) is 0 Å². The van der Waals surface area contributed by atoms with Crippen molar-refractivity contribution in [3.63, 3.8) is 0 Å². The molecule has 0 spiro atoms. The number of halogens is 2. The van der Waals surface area contributed by atoms with Crippen LogP contribution in [0, 0.1) is 11.8 Å². The summed E-state index contributed by atoms with van der Waals surface area (Å²) in [5.74, 6) is -2.80. The van der Waals surface area contributed by atoms with Crippen LogP contribution in [0.3, 0.4) is 0 Å². The number of methoxy groups -OCH3 is 2. The van der Waals surface area contributed by atoms with Crippen LogP contribution in [0.5, 0.6) is 23.0 Å². The van der Waals surface area contributed by atoms with Gasteiger partial charge in [-0.1, -0.05) is 37.0 Å². The van der Waals surface area contributed by atoms with Crippen LogP contribution in [0.2, 0.25) is 10.0 Å². The third kappa shape index (κ3) is 7.57. The number of ketones is 1. The lowest BCUT2D eigenvalue weighted by molar-refractivity contribution is -0.145.